The van der Waals surface area contributed by atoms with E-state index in [2.05, 4.69) is 0 Å². The molecule has 0 spiro atoms. The van der Waals surface area contributed by atoms with Crippen molar-refractivity contribution in [3.63, 3.8) is 0 Å². The zero-order valence-corrected chi connectivity index (χ0v) is 14.8. The molecule has 2 aromatic carbocycles. The number of rotatable bonds is 7. The SMILES string of the molecule is OC[C@H]1SC[C@H](O)[C@@H](OCc2ccccc2)[C@@H]1OCc1ccccc1. The van der Waals surface area contributed by atoms with Crippen LogP contribution in [0.3, 0.4) is 0 Å². The maximum absolute atomic E-state index is 10.4. The molecule has 4 nitrogen and oxygen atoms in total. The van der Waals surface area contributed by atoms with Crippen molar-refractivity contribution in [2.75, 3.05) is 12.4 Å². The molecular formula is C20H24O4S. The van der Waals surface area contributed by atoms with E-state index in [1.165, 1.54) is 11.8 Å². The van der Waals surface area contributed by atoms with E-state index in [1.807, 2.05) is 60.7 Å². The zero-order valence-electron chi connectivity index (χ0n) is 14.0. The molecule has 1 heterocycles. The van der Waals surface area contributed by atoms with E-state index >= 15 is 0 Å². The molecular weight excluding hydrogens is 336 g/mol. The number of benzene rings is 2. The maximum atomic E-state index is 10.4. The largest absolute Gasteiger partial charge is 0.395 e. The summed E-state index contributed by atoms with van der Waals surface area (Å²) in [6.07, 6.45) is -1.43. The molecule has 3 rings (SSSR count). The topological polar surface area (TPSA) is 58.9 Å². The lowest BCUT2D eigenvalue weighted by Crippen LogP contribution is -2.52. The molecule has 0 radical (unpaired) electrons. The van der Waals surface area contributed by atoms with Crippen LogP contribution in [-0.2, 0) is 22.7 Å². The highest BCUT2D eigenvalue weighted by Gasteiger charge is 2.40. The van der Waals surface area contributed by atoms with Crippen LogP contribution in [-0.4, -0.2) is 46.1 Å². The molecule has 1 aliphatic heterocycles. The first-order valence-electron chi connectivity index (χ1n) is 8.49. The van der Waals surface area contributed by atoms with Crippen LogP contribution in [0, 0.1) is 0 Å². The van der Waals surface area contributed by atoms with Crippen molar-refractivity contribution in [1.82, 2.24) is 0 Å². The van der Waals surface area contributed by atoms with Gasteiger partial charge in [0.1, 0.15) is 12.2 Å². The molecule has 25 heavy (non-hydrogen) atoms. The molecule has 4 atom stereocenters. The third kappa shape index (κ3) is 5.06. The zero-order chi connectivity index (χ0) is 17.5. The van der Waals surface area contributed by atoms with E-state index in [9.17, 15) is 10.2 Å². The number of hydrogen-bond donors (Lipinski definition) is 2. The summed E-state index contributed by atoms with van der Waals surface area (Å²) in [6.45, 7) is 0.846. The first kappa shape index (κ1) is 18.4. The van der Waals surface area contributed by atoms with Gasteiger partial charge in [0.25, 0.3) is 0 Å². The van der Waals surface area contributed by atoms with Crippen molar-refractivity contribution in [2.24, 2.45) is 0 Å². The lowest BCUT2D eigenvalue weighted by atomic mass is 10.0. The first-order valence-corrected chi connectivity index (χ1v) is 9.54. The van der Waals surface area contributed by atoms with E-state index in [0.717, 1.165) is 11.1 Å². The van der Waals surface area contributed by atoms with E-state index in [0.29, 0.717) is 19.0 Å². The van der Waals surface area contributed by atoms with Crippen LogP contribution in [0.1, 0.15) is 11.1 Å². The monoisotopic (exact) mass is 360 g/mol. The van der Waals surface area contributed by atoms with Crippen molar-refractivity contribution in [1.29, 1.82) is 0 Å². The molecule has 2 aromatic rings. The Labute approximate surface area is 152 Å². The van der Waals surface area contributed by atoms with E-state index in [1.54, 1.807) is 0 Å². The molecule has 1 aliphatic rings. The molecule has 0 saturated carbocycles. The van der Waals surface area contributed by atoms with Crippen LogP contribution >= 0.6 is 11.8 Å². The van der Waals surface area contributed by atoms with Gasteiger partial charge in [0.05, 0.1) is 31.2 Å². The Balaban J connectivity index is 1.67. The van der Waals surface area contributed by atoms with Crippen LogP contribution in [0.25, 0.3) is 0 Å². The predicted molar refractivity (Wildman–Crippen MR) is 99.4 cm³/mol. The van der Waals surface area contributed by atoms with Crippen molar-refractivity contribution in [3.05, 3.63) is 71.8 Å². The van der Waals surface area contributed by atoms with E-state index in [4.69, 9.17) is 9.47 Å². The lowest BCUT2D eigenvalue weighted by molar-refractivity contribution is -0.133. The second-order valence-corrected chi connectivity index (χ2v) is 7.42. The van der Waals surface area contributed by atoms with Crippen LogP contribution < -0.4 is 0 Å². The summed E-state index contributed by atoms with van der Waals surface area (Å²) in [5.74, 6) is 0.538. The van der Waals surface area contributed by atoms with E-state index in [-0.39, 0.29) is 18.0 Å². The highest BCUT2D eigenvalue weighted by Crippen LogP contribution is 2.31. The third-order valence-electron chi connectivity index (χ3n) is 4.30. The summed E-state index contributed by atoms with van der Waals surface area (Å²) < 4.78 is 12.1. The van der Waals surface area contributed by atoms with Gasteiger partial charge in [-0.25, -0.2) is 0 Å². The van der Waals surface area contributed by atoms with Gasteiger partial charge in [-0.1, -0.05) is 60.7 Å². The summed E-state index contributed by atoms with van der Waals surface area (Å²) in [5.41, 5.74) is 2.11. The smallest absolute Gasteiger partial charge is 0.112 e. The summed E-state index contributed by atoms with van der Waals surface area (Å²) in [6, 6.07) is 19.8. The van der Waals surface area contributed by atoms with E-state index < -0.39 is 12.2 Å². The van der Waals surface area contributed by atoms with Crippen molar-refractivity contribution in [3.8, 4) is 0 Å². The fourth-order valence-electron chi connectivity index (χ4n) is 2.94. The molecule has 0 aliphatic carbocycles. The Kier molecular flexibility index (Phi) is 6.90. The molecule has 0 aromatic heterocycles. The van der Waals surface area contributed by atoms with Gasteiger partial charge in [-0.3, -0.25) is 0 Å². The summed E-state index contributed by atoms with van der Waals surface area (Å²) in [4.78, 5) is 0. The highest BCUT2D eigenvalue weighted by atomic mass is 32.2. The van der Waals surface area contributed by atoms with Crippen LogP contribution in [0.2, 0.25) is 0 Å². The average Bonchev–Trinajstić information content (AvgIpc) is 2.67. The lowest BCUT2D eigenvalue weighted by Gasteiger charge is -2.39. The normalized spacial score (nSPS) is 26.5. The van der Waals surface area contributed by atoms with Crippen molar-refractivity contribution < 1.29 is 19.7 Å². The Morgan fingerprint density at radius 3 is 1.88 bits per heavy atom. The molecule has 0 unspecified atom stereocenters. The van der Waals surface area contributed by atoms with Gasteiger partial charge in [-0.2, -0.15) is 11.8 Å². The van der Waals surface area contributed by atoms with Gasteiger partial charge >= 0.3 is 0 Å². The van der Waals surface area contributed by atoms with Crippen molar-refractivity contribution >= 4 is 11.8 Å². The molecule has 0 amide bonds. The Morgan fingerprint density at radius 1 is 0.840 bits per heavy atom. The quantitative estimate of drug-likeness (QED) is 0.795. The predicted octanol–water partition coefficient (Wildman–Crippen LogP) is 2.63. The van der Waals surface area contributed by atoms with Gasteiger partial charge < -0.3 is 19.7 Å². The molecule has 1 fully saturated rings. The third-order valence-corrected chi connectivity index (χ3v) is 5.68. The van der Waals surface area contributed by atoms with Crippen molar-refractivity contribution in [2.45, 2.75) is 36.8 Å². The van der Waals surface area contributed by atoms with Gasteiger partial charge in [0.15, 0.2) is 0 Å². The second kappa shape index (κ2) is 9.36. The molecule has 1 saturated heterocycles. The van der Waals surface area contributed by atoms with Gasteiger partial charge in [0.2, 0.25) is 0 Å². The van der Waals surface area contributed by atoms with Crippen LogP contribution in [0.5, 0.6) is 0 Å². The highest BCUT2D eigenvalue weighted by molar-refractivity contribution is 8.00. The fourth-order valence-corrected chi connectivity index (χ4v) is 4.10. The molecule has 0 bridgehead atoms. The average molecular weight is 360 g/mol. The number of ether oxygens (including phenoxy) is 2. The maximum Gasteiger partial charge on any atom is 0.112 e. The molecule has 2 N–H and O–H groups in total. The summed E-state index contributed by atoms with van der Waals surface area (Å²) >= 11 is 1.53. The minimum absolute atomic E-state index is 0.00202. The summed E-state index contributed by atoms with van der Waals surface area (Å²) in [5, 5.41) is 20.0. The first-order chi connectivity index (χ1) is 12.3. The number of aliphatic hydroxyl groups excluding tert-OH is 2. The number of thioether (sulfide) groups is 1. The molecule has 134 valence electrons. The van der Waals surface area contributed by atoms with Crippen LogP contribution in [0.4, 0.5) is 0 Å². The van der Waals surface area contributed by atoms with Gasteiger partial charge in [0, 0.05) is 5.75 Å². The fraction of sp³-hybridized carbons (Fsp3) is 0.400. The van der Waals surface area contributed by atoms with Crippen LogP contribution in [0.15, 0.2) is 60.7 Å². The number of aliphatic hydroxyl groups is 2. The minimum Gasteiger partial charge on any atom is -0.395 e. The Bertz CT molecular complexity index is 622. The Morgan fingerprint density at radius 2 is 1.36 bits per heavy atom. The minimum atomic E-state index is -0.614. The standard InChI is InChI=1S/C20H24O4S/c21-11-18-20(24-13-16-9-5-2-6-10-16)19(17(22)14-25-18)23-12-15-7-3-1-4-8-15/h1-10,17-22H,11-14H2/t17-,18+,19+,20+/m0/s1. The van der Waals surface area contributed by atoms with Gasteiger partial charge in [-0.05, 0) is 11.1 Å². The Hall–Kier alpha value is -1.37. The second-order valence-electron chi connectivity index (χ2n) is 6.14. The number of hydrogen-bond acceptors (Lipinski definition) is 5. The van der Waals surface area contributed by atoms with Gasteiger partial charge in [-0.15, -0.1) is 0 Å². The summed E-state index contributed by atoms with van der Waals surface area (Å²) in [7, 11) is 0. The molecule has 5 heteroatoms.